The van der Waals surface area contributed by atoms with Crippen molar-refractivity contribution in [3.8, 4) is 0 Å². The van der Waals surface area contributed by atoms with Gasteiger partial charge in [-0.25, -0.2) is 0 Å². The SMILES string of the molecule is CC(NC(C)(C)C)C(=O)c1cccc(Cl)c1.[H-].[Li+]. The van der Waals surface area contributed by atoms with Crippen LogP contribution in [0.5, 0.6) is 0 Å². The van der Waals surface area contributed by atoms with E-state index in [2.05, 4.69) is 5.32 Å². The average molecular weight is 248 g/mol. The number of hydrogen-bond donors (Lipinski definition) is 1. The molecule has 0 aliphatic rings. The van der Waals surface area contributed by atoms with E-state index in [0.29, 0.717) is 10.6 Å². The summed E-state index contributed by atoms with van der Waals surface area (Å²) in [6.07, 6.45) is 0. The average Bonchev–Trinajstić information content (AvgIpc) is 2.14. The smallest absolute Gasteiger partial charge is 1.00 e. The molecular formula is C13H19ClLiNO. The molecule has 17 heavy (non-hydrogen) atoms. The summed E-state index contributed by atoms with van der Waals surface area (Å²) in [6, 6.07) is 6.83. The van der Waals surface area contributed by atoms with Gasteiger partial charge in [-0.3, -0.25) is 4.79 Å². The Kier molecular flexibility index (Phi) is 6.51. The first-order valence-corrected chi connectivity index (χ1v) is 5.75. The quantitative estimate of drug-likeness (QED) is 0.620. The molecule has 1 rings (SSSR count). The minimum atomic E-state index is -0.210. The summed E-state index contributed by atoms with van der Waals surface area (Å²) in [5.74, 6) is 0.0671. The van der Waals surface area contributed by atoms with E-state index >= 15 is 0 Å². The predicted molar refractivity (Wildman–Crippen MR) is 69.2 cm³/mol. The van der Waals surface area contributed by atoms with E-state index < -0.39 is 0 Å². The molecule has 0 heterocycles. The summed E-state index contributed by atoms with van der Waals surface area (Å²) in [6.45, 7) is 7.98. The van der Waals surface area contributed by atoms with E-state index in [9.17, 15) is 4.79 Å². The summed E-state index contributed by atoms with van der Waals surface area (Å²) >= 11 is 5.85. The van der Waals surface area contributed by atoms with Crippen molar-refractivity contribution in [3.63, 3.8) is 0 Å². The Morgan fingerprint density at radius 3 is 2.47 bits per heavy atom. The van der Waals surface area contributed by atoms with Gasteiger partial charge < -0.3 is 6.74 Å². The number of ketones is 1. The third-order valence-electron chi connectivity index (χ3n) is 2.15. The molecule has 1 unspecified atom stereocenters. The van der Waals surface area contributed by atoms with E-state index in [0.717, 1.165) is 0 Å². The van der Waals surface area contributed by atoms with Gasteiger partial charge in [0.2, 0.25) is 0 Å². The molecule has 1 atom stereocenters. The fourth-order valence-corrected chi connectivity index (χ4v) is 1.80. The van der Waals surface area contributed by atoms with Crippen molar-refractivity contribution in [2.75, 3.05) is 0 Å². The first-order chi connectivity index (χ1) is 7.29. The van der Waals surface area contributed by atoms with Crippen LogP contribution >= 0.6 is 11.6 Å². The van der Waals surface area contributed by atoms with Gasteiger partial charge >= 0.3 is 18.9 Å². The number of carbonyl (C=O) groups is 1. The first kappa shape index (κ1) is 16.7. The molecule has 0 bridgehead atoms. The number of rotatable bonds is 3. The number of hydrogen-bond acceptors (Lipinski definition) is 2. The Labute approximate surface area is 122 Å². The van der Waals surface area contributed by atoms with Gasteiger partial charge in [-0.1, -0.05) is 23.7 Å². The Bertz CT molecular complexity index is 393. The largest absolute Gasteiger partial charge is 1.00 e. The monoisotopic (exact) mass is 247 g/mol. The van der Waals surface area contributed by atoms with Crippen LogP contribution in [0.15, 0.2) is 24.3 Å². The molecule has 0 fully saturated rings. The van der Waals surface area contributed by atoms with Crippen molar-refractivity contribution in [2.24, 2.45) is 0 Å². The standard InChI is InChI=1S/C13H18ClNO.Li.H/c1-9(15-13(2,3)4)12(16)10-6-5-7-11(14)8-10;;/h5-9,15H,1-4H3;;/q;+1;-1. The van der Waals surface area contributed by atoms with Crippen LogP contribution in [0.1, 0.15) is 39.5 Å². The molecule has 0 aliphatic carbocycles. The van der Waals surface area contributed by atoms with Crippen molar-refractivity contribution in [3.05, 3.63) is 34.9 Å². The van der Waals surface area contributed by atoms with Crippen LogP contribution in [0.3, 0.4) is 0 Å². The zero-order valence-corrected chi connectivity index (χ0v) is 11.9. The van der Waals surface area contributed by atoms with Gasteiger partial charge in [0.05, 0.1) is 6.04 Å². The number of Topliss-reactive ketones (excluding diaryl/α,β-unsaturated/α-hetero) is 1. The zero-order chi connectivity index (χ0) is 12.3. The van der Waals surface area contributed by atoms with Gasteiger partial charge in [0.15, 0.2) is 5.78 Å². The summed E-state index contributed by atoms with van der Waals surface area (Å²) in [7, 11) is 0. The van der Waals surface area contributed by atoms with E-state index in [4.69, 9.17) is 11.6 Å². The Hall–Kier alpha value is -0.263. The molecule has 0 saturated heterocycles. The summed E-state index contributed by atoms with van der Waals surface area (Å²) in [5, 5.41) is 3.84. The minimum Gasteiger partial charge on any atom is -1.00 e. The molecule has 90 valence electrons. The van der Waals surface area contributed by atoms with Crippen molar-refractivity contribution in [1.82, 2.24) is 5.32 Å². The third-order valence-corrected chi connectivity index (χ3v) is 2.39. The molecule has 0 saturated carbocycles. The molecule has 0 aromatic heterocycles. The van der Waals surface area contributed by atoms with Gasteiger partial charge in [-0.05, 0) is 39.8 Å². The minimum absolute atomic E-state index is 0. The number of nitrogens with one attached hydrogen (secondary N) is 1. The third kappa shape index (κ3) is 5.74. The Morgan fingerprint density at radius 2 is 2.00 bits per heavy atom. The van der Waals surface area contributed by atoms with Crippen molar-refractivity contribution < 1.29 is 25.1 Å². The molecule has 2 nitrogen and oxygen atoms in total. The van der Waals surface area contributed by atoms with E-state index in [-0.39, 0.29) is 37.7 Å². The van der Waals surface area contributed by atoms with Gasteiger partial charge in [-0.15, -0.1) is 0 Å². The van der Waals surface area contributed by atoms with Crippen molar-refractivity contribution >= 4 is 17.4 Å². The summed E-state index contributed by atoms with van der Waals surface area (Å²) in [4.78, 5) is 12.1. The van der Waals surface area contributed by atoms with Crippen LogP contribution < -0.4 is 24.2 Å². The molecular weight excluding hydrogens is 229 g/mol. The molecule has 0 radical (unpaired) electrons. The summed E-state index contributed by atoms with van der Waals surface area (Å²) < 4.78 is 0. The maximum Gasteiger partial charge on any atom is 1.00 e. The molecule has 1 N–H and O–H groups in total. The maximum absolute atomic E-state index is 12.1. The van der Waals surface area contributed by atoms with Crippen LogP contribution in [0.2, 0.25) is 5.02 Å². The molecule has 0 aliphatic heterocycles. The number of halogens is 1. The molecule has 0 amide bonds. The molecule has 4 heteroatoms. The first-order valence-electron chi connectivity index (χ1n) is 5.37. The summed E-state index contributed by atoms with van der Waals surface area (Å²) in [5.41, 5.74) is 0.574. The van der Waals surface area contributed by atoms with Crippen LogP contribution in [0.25, 0.3) is 0 Å². The second-order valence-corrected chi connectivity index (χ2v) is 5.43. The number of benzene rings is 1. The Balaban J connectivity index is 0. The predicted octanol–water partition coefficient (Wildman–Crippen LogP) is 0.416. The van der Waals surface area contributed by atoms with E-state index in [1.165, 1.54) is 0 Å². The van der Waals surface area contributed by atoms with Crippen LogP contribution in [-0.4, -0.2) is 17.4 Å². The maximum atomic E-state index is 12.1. The fraction of sp³-hybridized carbons (Fsp3) is 0.462. The zero-order valence-electron chi connectivity index (χ0n) is 12.2. The van der Waals surface area contributed by atoms with Crippen molar-refractivity contribution in [1.29, 1.82) is 0 Å². The normalized spacial score (nSPS) is 12.8. The Morgan fingerprint density at radius 1 is 1.41 bits per heavy atom. The van der Waals surface area contributed by atoms with Crippen molar-refractivity contribution in [2.45, 2.75) is 39.3 Å². The van der Waals surface area contributed by atoms with E-state index in [1.807, 2.05) is 27.7 Å². The second-order valence-electron chi connectivity index (χ2n) is 4.99. The van der Waals surface area contributed by atoms with Gasteiger partial charge in [0.25, 0.3) is 0 Å². The van der Waals surface area contributed by atoms with Crippen LogP contribution in [0.4, 0.5) is 0 Å². The van der Waals surface area contributed by atoms with Gasteiger partial charge in [0.1, 0.15) is 0 Å². The number of carbonyl (C=O) groups excluding carboxylic acids is 1. The topological polar surface area (TPSA) is 29.1 Å². The van der Waals surface area contributed by atoms with Gasteiger partial charge in [0, 0.05) is 16.1 Å². The van der Waals surface area contributed by atoms with Crippen LogP contribution in [-0.2, 0) is 0 Å². The molecule has 1 aromatic carbocycles. The second kappa shape index (κ2) is 6.61. The molecule has 0 spiro atoms. The van der Waals surface area contributed by atoms with Crippen LogP contribution in [0, 0.1) is 0 Å². The van der Waals surface area contributed by atoms with E-state index in [1.54, 1.807) is 24.3 Å². The van der Waals surface area contributed by atoms with Gasteiger partial charge in [-0.2, -0.15) is 0 Å². The molecule has 1 aromatic rings. The fourth-order valence-electron chi connectivity index (χ4n) is 1.61.